The van der Waals surface area contributed by atoms with E-state index in [0.717, 1.165) is 121 Å². The van der Waals surface area contributed by atoms with Gasteiger partial charge in [-0.15, -0.1) is 0 Å². The summed E-state index contributed by atoms with van der Waals surface area (Å²) in [7, 11) is 0. The van der Waals surface area contributed by atoms with Gasteiger partial charge >= 0.3 is 0 Å². The zero-order valence-corrected chi connectivity index (χ0v) is 47.1. The second-order valence-electron chi connectivity index (χ2n) is 23.0. The molecule has 13 aromatic carbocycles. The molecule has 6 heterocycles. The van der Waals surface area contributed by atoms with Crippen LogP contribution in [0.3, 0.4) is 0 Å². The minimum atomic E-state index is 0.402. The molecule has 0 unspecified atom stereocenters. The Kier molecular flexibility index (Phi) is 9.87. The van der Waals surface area contributed by atoms with E-state index in [1.54, 1.807) is 0 Å². The van der Waals surface area contributed by atoms with Gasteiger partial charge in [-0.1, -0.05) is 182 Å². The molecule has 0 bridgehead atoms. The third kappa shape index (κ3) is 6.34. The first-order chi connectivity index (χ1) is 43.7. The summed E-state index contributed by atoms with van der Waals surface area (Å²) < 4.78 is 13.8. The number of hydrogen-bond acceptors (Lipinski definition) is 2. The molecule has 0 radical (unpaired) electrons. The van der Waals surface area contributed by atoms with Crippen molar-refractivity contribution in [2.75, 3.05) is 0 Å². The fraction of sp³-hybridized carbons (Fsp3) is 0. The minimum Gasteiger partial charge on any atom is -0.309 e. The van der Waals surface area contributed by atoms with Gasteiger partial charge in [-0.2, -0.15) is 10.5 Å². The highest BCUT2D eigenvalue weighted by Gasteiger charge is 2.35. The monoisotopic (exact) mass is 1120 g/mol. The summed E-state index contributed by atoms with van der Waals surface area (Å²) in [6, 6.07) is 105. The Morgan fingerprint density at radius 3 is 0.557 bits per heavy atom. The van der Waals surface area contributed by atoms with Crippen molar-refractivity contribution in [1.29, 1.82) is 10.5 Å². The molecule has 0 amide bonds. The molecule has 0 aliphatic heterocycles. The Labute approximate surface area is 502 Å². The van der Waals surface area contributed by atoms with Gasteiger partial charge in [0.25, 0.3) is 0 Å². The van der Waals surface area contributed by atoms with Crippen LogP contribution in [0.2, 0.25) is 0 Å². The number of nitrogens with zero attached hydrogens (tertiary/aromatic N) is 8. The van der Waals surface area contributed by atoms with Crippen LogP contribution in [-0.2, 0) is 0 Å². The molecule has 19 aromatic rings. The second kappa shape index (κ2) is 18.1. The highest BCUT2D eigenvalue weighted by Crippen LogP contribution is 2.50. The summed E-state index contributed by atoms with van der Waals surface area (Å²) in [6.07, 6.45) is 0. The summed E-state index contributed by atoms with van der Waals surface area (Å²) in [4.78, 5) is 0. The maximum Gasteiger partial charge on any atom is 0.104 e. The Bertz CT molecular complexity index is 5750. The van der Waals surface area contributed by atoms with Crippen molar-refractivity contribution in [1.82, 2.24) is 27.4 Å². The van der Waals surface area contributed by atoms with Crippen LogP contribution in [0, 0.1) is 22.7 Å². The van der Waals surface area contributed by atoms with Crippen LogP contribution >= 0.6 is 0 Å². The van der Waals surface area contributed by atoms with Gasteiger partial charge in [0.15, 0.2) is 0 Å². The standard InChI is InChI=1S/C80H46N8/c81-47-63-78(86-71-37-17-7-27-57(71)58-28-8-18-38-72(58)86)80(88-74-40-20-10-30-60(74)62-46-50(42-44-76(62)88)84-67-33-13-3-23-53(67)54-24-4-14-34-68(54)84)64(48-82)77(85-69-35-15-5-25-55(69)56-26-6-16-36-70(56)85)79(63)87-73-39-19-9-29-59(73)61-45-49(41-43-75(61)87)83-65-31-11-1-21-51(65)52-22-2-12-32-66(52)83/h1-46H. The van der Waals surface area contributed by atoms with E-state index in [2.05, 4.69) is 319 Å². The lowest BCUT2D eigenvalue weighted by atomic mass is 9.98. The predicted molar refractivity (Wildman–Crippen MR) is 362 cm³/mol. The van der Waals surface area contributed by atoms with Crippen LogP contribution < -0.4 is 0 Å². The first-order valence-electron chi connectivity index (χ1n) is 29.7. The molecule has 8 heteroatoms. The molecule has 0 aliphatic carbocycles. The summed E-state index contributed by atoms with van der Waals surface area (Å²) in [5.41, 5.74) is 16.9. The molecule has 19 rings (SSSR count). The molecule has 0 atom stereocenters. The van der Waals surface area contributed by atoms with Crippen molar-refractivity contribution < 1.29 is 0 Å². The molecule has 88 heavy (non-hydrogen) atoms. The summed E-state index contributed by atoms with van der Waals surface area (Å²) in [6.45, 7) is 0. The first-order valence-corrected chi connectivity index (χ1v) is 29.7. The second-order valence-corrected chi connectivity index (χ2v) is 23.0. The van der Waals surface area contributed by atoms with Crippen molar-refractivity contribution in [2.45, 2.75) is 0 Å². The highest BCUT2D eigenvalue weighted by molar-refractivity contribution is 6.18. The van der Waals surface area contributed by atoms with E-state index < -0.39 is 0 Å². The minimum absolute atomic E-state index is 0.402. The lowest BCUT2D eigenvalue weighted by molar-refractivity contribution is 1.02. The van der Waals surface area contributed by atoms with Crippen LogP contribution in [0.5, 0.6) is 0 Å². The van der Waals surface area contributed by atoms with Gasteiger partial charge in [-0.05, 0) is 97.1 Å². The molecule has 0 aliphatic rings. The molecule has 0 fully saturated rings. The van der Waals surface area contributed by atoms with Gasteiger partial charge in [0, 0.05) is 76.0 Å². The summed E-state index contributed by atoms with van der Waals surface area (Å²) in [5.74, 6) is 0. The Morgan fingerprint density at radius 1 is 0.182 bits per heavy atom. The highest BCUT2D eigenvalue weighted by atomic mass is 15.1. The maximum absolute atomic E-state index is 12.9. The van der Waals surface area contributed by atoms with E-state index in [4.69, 9.17) is 0 Å². The molecule has 406 valence electrons. The summed E-state index contributed by atoms with van der Waals surface area (Å²) >= 11 is 0. The van der Waals surface area contributed by atoms with Crippen molar-refractivity contribution >= 4 is 131 Å². The molecule has 0 N–H and O–H groups in total. The Morgan fingerprint density at radius 2 is 0.352 bits per heavy atom. The van der Waals surface area contributed by atoms with Gasteiger partial charge in [0.05, 0.1) is 88.9 Å². The average Bonchev–Trinajstić information content (AvgIpc) is 1.75. The molecule has 0 saturated heterocycles. The van der Waals surface area contributed by atoms with Crippen LogP contribution in [0.25, 0.3) is 165 Å². The largest absolute Gasteiger partial charge is 0.309 e. The van der Waals surface area contributed by atoms with E-state index in [0.29, 0.717) is 33.9 Å². The van der Waals surface area contributed by atoms with Gasteiger partial charge in [-0.25, -0.2) is 0 Å². The van der Waals surface area contributed by atoms with Crippen molar-refractivity contribution in [2.24, 2.45) is 0 Å². The van der Waals surface area contributed by atoms with Crippen LogP contribution in [0.15, 0.2) is 279 Å². The fourth-order valence-electron chi connectivity index (χ4n) is 15.2. The molecule has 6 aromatic heterocycles. The Hall–Kier alpha value is -12.4. The van der Waals surface area contributed by atoms with Gasteiger partial charge in [0.1, 0.15) is 23.3 Å². The predicted octanol–water partition coefficient (Wildman–Crippen LogP) is 20.0. The number of rotatable bonds is 6. The number of nitriles is 2. The number of fused-ring (bicyclic) bond motifs is 18. The third-order valence-electron chi connectivity index (χ3n) is 18.7. The summed E-state index contributed by atoms with van der Waals surface area (Å²) in [5, 5.41) is 38.8. The van der Waals surface area contributed by atoms with E-state index in [1.165, 1.54) is 21.5 Å². The first kappa shape index (κ1) is 48.1. The molecule has 0 spiro atoms. The van der Waals surface area contributed by atoms with E-state index in [9.17, 15) is 10.5 Å². The van der Waals surface area contributed by atoms with Crippen molar-refractivity contribution in [3.05, 3.63) is 290 Å². The molecule has 0 saturated carbocycles. The normalized spacial score (nSPS) is 12.1. The SMILES string of the molecule is N#Cc1c(-n2c3ccccc3c3ccccc32)c(-n2c3ccccc3c3cc(-n4c5ccccc5c5ccccc54)ccc32)c(C#N)c(-n2c3ccccc3c3ccccc32)c1-n1c2ccccc2c2cc(-n3c4ccccc4c4ccccc43)ccc21. The number of benzene rings is 13. The number of hydrogen-bond donors (Lipinski definition) is 0. The number of para-hydroxylation sites is 10. The number of aromatic nitrogens is 6. The van der Waals surface area contributed by atoms with E-state index in [-0.39, 0.29) is 0 Å². The molecular weight excluding hydrogens is 1070 g/mol. The lowest BCUT2D eigenvalue weighted by Crippen LogP contribution is -2.16. The third-order valence-corrected chi connectivity index (χ3v) is 18.7. The Balaban J connectivity index is 1.02. The van der Waals surface area contributed by atoms with Crippen molar-refractivity contribution in [3.63, 3.8) is 0 Å². The van der Waals surface area contributed by atoms with E-state index in [1.807, 2.05) is 0 Å². The van der Waals surface area contributed by atoms with Crippen LogP contribution in [0.1, 0.15) is 11.1 Å². The topological polar surface area (TPSA) is 77.2 Å². The smallest absolute Gasteiger partial charge is 0.104 e. The zero-order chi connectivity index (χ0) is 57.9. The zero-order valence-electron chi connectivity index (χ0n) is 47.1. The van der Waals surface area contributed by atoms with Gasteiger partial charge in [-0.3, -0.25) is 0 Å². The quantitative estimate of drug-likeness (QED) is 0.166. The molecular formula is C80H46N8. The van der Waals surface area contributed by atoms with Gasteiger partial charge in [0.2, 0.25) is 0 Å². The van der Waals surface area contributed by atoms with Gasteiger partial charge < -0.3 is 27.4 Å². The van der Waals surface area contributed by atoms with Crippen molar-refractivity contribution in [3.8, 4) is 46.3 Å². The lowest BCUT2D eigenvalue weighted by Gasteiger charge is -2.27. The van der Waals surface area contributed by atoms with Crippen LogP contribution in [0.4, 0.5) is 0 Å². The average molecular weight is 1120 g/mol. The van der Waals surface area contributed by atoms with E-state index >= 15 is 0 Å². The fourth-order valence-corrected chi connectivity index (χ4v) is 15.2. The maximum atomic E-state index is 12.9. The van der Waals surface area contributed by atoms with Crippen LogP contribution in [-0.4, -0.2) is 27.4 Å². The molecule has 8 nitrogen and oxygen atoms in total.